The highest BCUT2D eigenvalue weighted by Gasteiger charge is 2.18. The number of fused-ring (bicyclic) bond motifs is 2. The van der Waals surface area contributed by atoms with Crippen molar-refractivity contribution in [3.63, 3.8) is 0 Å². The Hall–Kier alpha value is -9.46. The Morgan fingerprint density at radius 2 is 0.500 bits per heavy atom. The second-order valence-corrected chi connectivity index (χ2v) is 17.3. The zero-order valence-electron chi connectivity index (χ0n) is 38.2. The van der Waals surface area contributed by atoms with E-state index >= 15 is 0 Å². The first-order valence-corrected chi connectivity index (χ1v) is 23.3. The molecule has 0 amide bonds. The standard InChI is InChI=1S/C63H43N7/c1-42-22-23-50-39-51(25-24-49(50)38-42)52-26-27-54-41-57(37-32-53(54)40-52)70(55-33-28-47(29-34-55)62-66-58(43-14-6-2-7-15-43)64-59(67-62)44-16-8-3-9-17-44)56-35-30-48(31-36-56)63-68-60(45-18-10-4-11-19-45)65-61(69-63)46-20-12-5-13-21-46/h2-41H,1H3. The smallest absolute Gasteiger partial charge is 0.164 e. The fourth-order valence-corrected chi connectivity index (χ4v) is 8.94. The Morgan fingerprint density at radius 3 is 0.871 bits per heavy atom. The van der Waals surface area contributed by atoms with Crippen LogP contribution in [0.3, 0.4) is 0 Å². The van der Waals surface area contributed by atoms with Gasteiger partial charge in [-0.05, 0) is 112 Å². The first kappa shape index (κ1) is 41.9. The van der Waals surface area contributed by atoms with Gasteiger partial charge in [-0.3, -0.25) is 0 Å². The molecule has 7 nitrogen and oxygen atoms in total. The van der Waals surface area contributed by atoms with Crippen LogP contribution in [-0.4, -0.2) is 29.9 Å². The average molecular weight is 898 g/mol. The molecule has 0 radical (unpaired) electrons. The molecule has 0 aliphatic carbocycles. The molecule has 70 heavy (non-hydrogen) atoms. The molecule has 0 atom stereocenters. The lowest BCUT2D eigenvalue weighted by molar-refractivity contribution is 1.07. The Balaban J connectivity index is 0.944. The van der Waals surface area contributed by atoms with Gasteiger partial charge in [0.15, 0.2) is 34.9 Å². The van der Waals surface area contributed by atoms with E-state index in [2.05, 4.69) is 133 Å². The second-order valence-electron chi connectivity index (χ2n) is 17.3. The van der Waals surface area contributed by atoms with Crippen LogP contribution in [0.15, 0.2) is 243 Å². The Morgan fingerprint density at radius 1 is 0.229 bits per heavy atom. The van der Waals surface area contributed by atoms with Crippen molar-refractivity contribution in [2.75, 3.05) is 4.90 Å². The van der Waals surface area contributed by atoms with Crippen molar-refractivity contribution in [1.82, 2.24) is 29.9 Å². The minimum atomic E-state index is 0.597. The summed E-state index contributed by atoms with van der Waals surface area (Å²) in [6.07, 6.45) is 0. The highest BCUT2D eigenvalue weighted by atomic mass is 15.1. The van der Waals surface area contributed by atoms with Crippen molar-refractivity contribution in [2.45, 2.75) is 6.92 Å². The molecule has 0 bridgehead atoms. The predicted molar refractivity (Wildman–Crippen MR) is 286 cm³/mol. The summed E-state index contributed by atoms with van der Waals surface area (Å²) in [4.78, 5) is 32.1. The Labute approximate surface area is 406 Å². The second kappa shape index (κ2) is 18.3. The molecule has 10 aromatic carbocycles. The number of hydrogen-bond acceptors (Lipinski definition) is 7. The molecule has 2 heterocycles. The zero-order valence-corrected chi connectivity index (χ0v) is 38.2. The largest absolute Gasteiger partial charge is 0.310 e. The number of aromatic nitrogens is 6. The third kappa shape index (κ3) is 8.55. The molecule has 0 aliphatic rings. The van der Waals surface area contributed by atoms with Crippen LogP contribution in [0.2, 0.25) is 0 Å². The van der Waals surface area contributed by atoms with Gasteiger partial charge in [0.2, 0.25) is 0 Å². The van der Waals surface area contributed by atoms with Crippen molar-refractivity contribution in [3.8, 4) is 79.5 Å². The molecule has 330 valence electrons. The first-order valence-electron chi connectivity index (χ1n) is 23.3. The summed E-state index contributed by atoms with van der Waals surface area (Å²) in [5.74, 6) is 3.68. The summed E-state index contributed by atoms with van der Waals surface area (Å²) in [5.41, 5.74) is 12.0. The molecule has 2 aromatic heterocycles. The number of aryl methyl sites for hydroxylation is 1. The number of benzene rings is 10. The molecular formula is C63H43N7. The van der Waals surface area contributed by atoms with Crippen LogP contribution in [0.1, 0.15) is 5.56 Å². The SMILES string of the molecule is Cc1ccc2cc(-c3ccc4cc(N(c5ccc(-c6nc(-c7ccccc7)nc(-c7ccccc7)n6)cc5)c5ccc(-c6nc(-c7ccccc7)nc(-c7ccccc7)n6)cc5)ccc4c3)ccc2c1. The molecule has 0 aliphatic heterocycles. The van der Waals surface area contributed by atoms with Gasteiger partial charge in [-0.15, -0.1) is 0 Å². The summed E-state index contributed by atoms with van der Waals surface area (Å²) >= 11 is 0. The molecule has 0 fully saturated rings. The fraction of sp³-hybridized carbons (Fsp3) is 0.0159. The maximum Gasteiger partial charge on any atom is 0.164 e. The van der Waals surface area contributed by atoms with Crippen LogP contribution in [0.4, 0.5) is 17.1 Å². The summed E-state index contributed by atoms with van der Waals surface area (Å²) in [6, 6.07) is 83.9. The number of rotatable bonds is 10. The van der Waals surface area contributed by atoms with E-state index in [0.29, 0.717) is 34.9 Å². The van der Waals surface area contributed by atoms with Gasteiger partial charge in [-0.1, -0.05) is 175 Å². The minimum absolute atomic E-state index is 0.597. The highest BCUT2D eigenvalue weighted by molar-refractivity contribution is 5.94. The van der Waals surface area contributed by atoms with Crippen LogP contribution < -0.4 is 4.90 Å². The molecule has 0 saturated carbocycles. The highest BCUT2D eigenvalue weighted by Crippen LogP contribution is 2.39. The van der Waals surface area contributed by atoms with Gasteiger partial charge in [0.1, 0.15) is 0 Å². The molecule has 0 saturated heterocycles. The summed E-state index contributed by atoms with van der Waals surface area (Å²) in [7, 11) is 0. The molecule has 0 unspecified atom stereocenters. The van der Waals surface area contributed by atoms with Gasteiger partial charge in [-0.25, -0.2) is 29.9 Å². The van der Waals surface area contributed by atoms with Gasteiger partial charge in [-0.2, -0.15) is 0 Å². The lowest BCUT2D eigenvalue weighted by Gasteiger charge is -2.26. The van der Waals surface area contributed by atoms with Crippen LogP contribution >= 0.6 is 0 Å². The maximum atomic E-state index is 5.01. The van der Waals surface area contributed by atoms with Gasteiger partial charge in [0.05, 0.1) is 0 Å². The van der Waals surface area contributed by atoms with E-state index in [-0.39, 0.29) is 0 Å². The van der Waals surface area contributed by atoms with Gasteiger partial charge >= 0.3 is 0 Å². The number of hydrogen-bond donors (Lipinski definition) is 0. The summed E-state index contributed by atoms with van der Waals surface area (Å²) in [6.45, 7) is 2.14. The molecular weight excluding hydrogens is 855 g/mol. The number of anilines is 3. The van der Waals surface area contributed by atoms with Crippen LogP contribution in [0.25, 0.3) is 101 Å². The van der Waals surface area contributed by atoms with E-state index in [4.69, 9.17) is 29.9 Å². The summed E-state index contributed by atoms with van der Waals surface area (Å²) < 4.78 is 0. The van der Waals surface area contributed by atoms with E-state index in [1.54, 1.807) is 0 Å². The summed E-state index contributed by atoms with van der Waals surface area (Å²) in [5, 5.41) is 4.78. The van der Waals surface area contributed by atoms with Crippen molar-refractivity contribution < 1.29 is 0 Å². The molecule has 12 rings (SSSR count). The monoisotopic (exact) mass is 897 g/mol. The number of nitrogens with zero attached hydrogens (tertiary/aromatic N) is 7. The van der Waals surface area contributed by atoms with Crippen molar-refractivity contribution >= 4 is 38.6 Å². The van der Waals surface area contributed by atoms with Crippen molar-refractivity contribution in [3.05, 3.63) is 248 Å². The maximum absolute atomic E-state index is 5.01. The topological polar surface area (TPSA) is 80.6 Å². The fourth-order valence-electron chi connectivity index (χ4n) is 8.94. The quantitative estimate of drug-likeness (QED) is 0.135. The van der Waals surface area contributed by atoms with E-state index < -0.39 is 0 Å². The van der Waals surface area contributed by atoms with E-state index in [9.17, 15) is 0 Å². The van der Waals surface area contributed by atoms with Crippen LogP contribution in [0, 0.1) is 6.92 Å². The van der Waals surface area contributed by atoms with Gasteiger partial charge in [0, 0.05) is 50.4 Å². The van der Waals surface area contributed by atoms with Crippen molar-refractivity contribution in [1.29, 1.82) is 0 Å². The average Bonchev–Trinajstić information content (AvgIpc) is 3.44. The van der Waals surface area contributed by atoms with Crippen molar-refractivity contribution in [2.24, 2.45) is 0 Å². The third-order valence-corrected chi connectivity index (χ3v) is 12.6. The first-order chi connectivity index (χ1) is 34.5. The molecule has 0 N–H and O–H groups in total. The Bertz CT molecular complexity index is 3520. The lowest BCUT2D eigenvalue weighted by Crippen LogP contribution is -2.10. The van der Waals surface area contributed by atoms with Crippen LogP contribution in [-0.2, 0) is 0 Å². The van der Waals surface area contributed by atoms with Gasteiger partial charge in [0.25, 0.3) is 0 Å². The normalized spacial score (nSPS) is 11.2. The van der Waals surface area contributed by atoms with E-state index in [0.717, 1.165) is 61.2 Å². The lowest BCUT2D eigenvalue weighted by atomic mass is 9.97. The predicted octanol–water partition coefficient (Wildman–Crippen LogP) is 15.8. The third-order valence-electron chi connectivity index (χ3n) is 12.6. The molecule has 7 heteroatoms. The van der Waals surface area contributed by atoms with E-state index in [1.807, 2.05) is 121 Å². The van der Waals surface area contributed by atoms with Crippen LogP contribution in [0.5, 0.6) is 0 Å². The Kier molecular flexibility index (Phi) is 11.0. The zero-order chi connectivity index (χ0) is 46.8. The van der Waals surface area contributed by atoms with E-state index in [1.165, 1.54) is 27.5 Å². The minimum Gasteiger partial charge on any atom is -0.310 e. The molecule has 0 spiro atoms. The van der Waals surface area contributed by atoms with Gasteiger partial charge < -0.3 is 4.90 Å². The molecule has 12 aromatic rings.